The van der Waals surface area contributed by atoms with Gasteiger partial charge in [-0.3, -0.25) is 9.63 Å². The number of rotatable bonds is 4. The van der Waals surface area contributed by atoms with Gasteiger partial charge in [0.15, 0.2) is 0 Å². The Balaban J connectivity index is 1.63. The van der Waals surface area contributed by atoms with Crippen LogP contribution >= 0.6 is 34.8 Å². The number of halogens is 3. The predicted molar refractivity (Wildman–Crippen MR) is 134 cm³/mol. The molecule has 204 valence electrons. The van der Waals surface area contributed by atoms with E-state index < -0.39 is 51.7 Å². The smallest absolute Gasteiger partial charge is 0.410 e. The average molecular weight is 580 g/mol. The summed E-state index contributed by atoms with van der Waals surface area (Å²) in [6.45, 7) is 0.936. The van der Waals surface area contributed by atoms with Crippen molar-refractivity contribution >= 4 is 52.5 Å². The van der Waals surface area contributed by atoms with Crippen LogP contribution in [0.25, 0.3) is 0 Å². The minimum atomic E-state index is -1.83. The number of likely N-dealkylation sites (tertiary alicyclic amines) is 1. The lowest BCUT2D eigenvalue weighted by atomic mass is 9.67. The molecule has 1 spiro atoms. The molecule has 3 saturated heterocycles. The number of nitrogens with zero attached hydrogens (tertiary/aromatic N) is 2. The Morgan fingerprint density at radius 3 is 2.68 bits per heavy atom. The van der Waals surface area contributed by atoms with Crippen molar-refractivity contribution in [3.05, 3.63) is 23.8 Å². The van der Waals surface area contributed by atoms with Crippen molar-refractivity contribution in [3.8, 4) is 5.75 Å². The summed E-state index contributed by atoms with van der Waals surface area (Å²) in [5, 5.41) is 23.7. The molecule has 37 heavy (non-hydrogen) atoms. The maximum Gasteiger partial charge on any atom is 0.410 e. The summed E-state index contributed by atoms with van der Waals surface area (Å²) in [6, 6.07) is 4.71. The Kier molecular flexibility index (Phi) is 6.79. The van der Waals surface area contributed by atoms with E-state index in [1.165, 1.54) is 31.1 Å². The van der Waals surface area contributed by atoms with Crippen LogP contribution < -0.4 is 9.80 Å². The molecule has 2 amide bonds. The Bertz CT molecular complexity index is 1100. The zero-order chi connectivity index (χ0) is 26.9. The number of hydroxylamine groups is 1. The zero-order valence-corrected chi connectivity index (χ0v) is 22.8. The SMILES string of the molecule is COc1ccc2c(c1)N(OC)C(=O)[C@@]21C[C@H]2[C@H]3CO[C@H]1C[C@H]3[C@@](O)([C@H](C)O)CN2C(=O)OCC(Cl)(Cl)Cl. The average Bonchev–Trinajstić information content (AvgIpc) is 2.95. The minimum absolute atomic E-state index is 0.177. The van der Waals surface area contributed by atoms with Crippen LogP contribution in [0.2, 0.25) is 0 Å². The fourth-order valence-corrected chi connectivity index (χ4v) is 6.89. The Labute approximate surface area is 229 Å². The highest BCUT2D eigenvalue weighted by molar-refractivity contribution is 6.67. The fourth-order valence-electron chi connectivity index (χ4n) is 6.72. The number of carbonyl (C=O) groups is 2. The van der Waals surface area contributed by atoms with Gasteiger partial charge < -0.3 is 29.3 Å². The van der Waals surface area contributed by atoms with E-state index in [-0.39, 0.29) is 31.4 Å². The van der Waals surface area contributed by atoms with Gasteiger partial charge in [-0.2, -0.15) is 5.06 Å². The molecule has 7 atom stereocenters. The number of fused-ring (bicyclic) bond motifs is 2. The van der Waals surface area contributed by atoms with Gasteiger partial charge in [-0.25, -0.2) is 4.79 Å². The molecule has 1 aliphatic carbocycles. The summed E-state index contributed by atoms with van der Waals surface area (Å²) in [7, 11) is 2.93. The highest BCUT2D eigenvalue weighted by Crippen LogP contribution is 2.59. The van der Waals surface area contributed by atoms with Crippen LogP contribution in [0.15, 0.2) is 18.2 Å². The number of carbonyl (C=O) groups excluding carboxylic acids is 2. The Morgan fingerprint density at radius 1 is 1.32 bits per heavy atom. The number of β-amino-alcohol motifs (C(OH)–C–C–N with tert-alkyl or cyclic N) is 1. The van der Waals surface area contributed by atoms with Crippen molar-refractivity contribution in [3.63, 3.8) is 0 Å². The van der Waals surface area contributed by atoms with E-state index in [0.29, 0.717) is 23.4 Å². The lowest BCUT2D eigenvalue weighted by molar-refractivity contribution is -0.202. The third-order valence-corrected chi connectivity index (χ3v) is 8.81. The van der Waals surface area contributed by atoms with Crippen molar-refractivity contribution in [1.29, 1.82) is 0 Å². The molecule has 2 N–H and O–H groups in total. The number of aliphatic hydroxyl groups is 2. The first-order chi connectivity index (χ1) is 17.4. The summed E-state index contributed by atoms with van der Waals surface area (Å²) >= 11 is 17.4. The quantitative estimate of drug-likeness (QED) is 0.523. The zero-order valence-electron chi connectivity index (χ0n) is 20.5. The van der Waals surface area contributed by atoms with Crippen molar-refractivity contribution in [1.82, 2.24) is 4.90 Å². The number of piperidine rings is 1. The molecule has 0 aromatic heterocycles. The second-order valence-electron chi connectivity index (χ2n) is 10.2. The molecule has 1 saturated carbocycles. The predicted octanol–water partition coefficient (Wildman–Crippen LogP) is 2.57. The van der Waals surface area contributed by atoms with Gasteiger partial charge in [0.05, 0.1) is 45.3 Å². The van der Waals surface area contributed by atoms with E-state index in [1.807, 2.05) is 6.07 Å². The third-order valence-electron chi connectivity index (χ3n) is 8.49. The molecule has 0 radical (unpaired) electrons. The largest absolute Gasteiger partial charge is 0.497 e. The molecule has 13 heteroatoms. The van der Waals surface area contributed by atoms with Crippen molar-refractivity contribution < 1.29 is 38.9 Å². The Morgan fingerprint density at radius 2 is 2.05 bits per heavy atom. The van der Waals surface area contributed by atoms with Gasteiger partial charge in [0.25, 0.3) is 5.91 Å². The number of alkyl halides is 3. The number of hydrogen-bond donors (Lipinski definition) is 2. The first kappa shape index (κ1) is 27.1. The third kappa shape index (κ3) is 4.07. The van der Waals surface area contributed by atoms with Crippen LogP contribution in [0.4, 0.5) is 10.5 Å². The van der Waals surface area contributed by atoms with Crippen LogP contribution in [0, 0.1) is 11.8 Å². The summed E-state index contributed by atoms with van der Waals surface area (Å²) in [5.41, 5.74) is -1.69. The van der Waals surface area contributed by atoms with Gasteiger partial charge in [0.1, 0.15) is 23.4 Å². The van der Waals surface area contributed by atoms with E-state index in [4.69, 9.17) is 53.9 Å². The minimum Gasteiger partial charge on any atom is -0.497 e. The molecule has 4 bridgehead atoms. The second kappa shape index (κ2) is 9.29. The van der Waals surface area contributed by atoms with E-state index in [1.54, 1.807) is 12.1 Å². The molecule has 0 unspecified atom stereocenters. The van der Waals surface area contributed by atoms with Crippen molar-refractivity contribution in [2.24, 2.45) is 11.8 Å². The highest BCUT2D eigenvalue weighted by atomic mass is 35.6. The number of benzene rings is 1. The van der Waals surface area contributed by atoms with E-state index in [2.05, 4.69) is 0 Å². The topological polar surface area (TPSA) is 118 Å². The Hall–Kier alpha value is -1.53. The van der Waals surface area contributed by atoms with Gasteiger partial charge >= 0.3 is 6.09 Å². The fraction of sp³-hybridized carbons (Fsp3) is 0.667. The maximum absolute atomic E-state index is 14.1. The molecule has 10 nitrogen and oxygen atoms in total. The summed E-state index contributed by atoms with van der Waals surface area (Å²) < 4.78 is 15.1. The van der Waals surface area contributed by atoms with Gasteiger partial charge in [-0.1, -0.05) is 40.9 Å². The molecule has 4 fully saturated rings. The number of anilines is 1. The highest BCUT2D eigenvalue weighted by Gasteiger charge is 2.68. The van der Waals surface area contributed by atoms with Crippen LogP contribution in [0.3, 0.4) is 0 Å². The first-order valence-corrected chi connectivity index (χ1v) is 13.1. The van der Waals surface area contributed by atoms with Gasteiger partial charge in [0, 0.05) is 23.9 Å². The number of aliphatic hydroxyl groups excluding tert-OH is 1. The van der Waals surface area contributed by atoms with Crippen LogP contribution in [-0.4, -0.2) is 88.7 Å². The van der Waals surface area contributed by atoms with E-state index in [0.717, 1.165) is 0 Å². The molecule has 5 aliphatic rings. The number of amides is 2. The first-order valence-electron chi connectivity index (χ1n) is 12.0. The van der Waals surface area contributed by atoms with Crippen LogP contribution in [-0.2, 0) is 24.5 Å². The van der Waals surface area contributed by atoms with Gasteiger partial charge in [-0.05, 0) is 31.4 Å². The molecule has 4 heterocycles. The maximum atomic E-state index is 14.1. The lowest BCUT2D eigenvalue weighted by Crippen LogP contribution is -2.68. The molecule has 4 aliphatic heterocycles. The van der Waals surface area contributed by atoms with Crippen LogP contribution in [0.1, 0.15) is 25.3 Å². The summed E-state index contributed by atoms with van der Waals surface area (Å²) in [5.74, 6) is -0.621. The van der Waals surface area contributed by atoms with Crippen molar-refractivity contribution in [2.45, 2.75) is 52.8 Å². The molecule has 1 aromatic rings. The van der Waals surface area contributed by atoms with Gasteiger partial charge in [-0.15, -0.1) is 0 Å². The number of hydrogen-bond acceptors (Lipinski definition) is 8. The monoisotopic (exact) mass is 578 g/mol. The lowest BCUT2D eigenvalue weighted by Gasteiger charge is -2.54. The molecular formula is C24H29Cl3N2O8. The van der Waals surface area contributed by atoms with E-state index >= 15 is 0 Å². The normalized spacial score (nSPS) is 35.4. The summed E-state index contributed by atoms with van der Waals surface area (Å²) in [4.78, 5) is 34.3. The number of methoxy groups -OCH3 is 1. The summed E-state index contributed by atoms with van der Waals surface area (Å²) in [6.07, 6.45) is -2.15. The van der Waals surface area contributed by atoms with Gasteiger partial charge in [0.2, 0.25) is 3.79 Å². The second-order valence-corrected chi connectivity index (χ2v) is 12.7. The number of ether oxygens (including phenoxy) is 3. The van der Waals surface area contributed by atoms with Crippen molar-refractivity contribution in [2.75, 3.05) is 39.0 Å². The standard InChI is InChI=1S/C24H29Cl3N2O8/c1-12(30)23(33)10-28(21(32)37-11-24(25,26)27)18-8-22(19-7-16(23)14(18)9-36-19)15-5-4-13(34-2)6-17(15)29(35-3)20(22)31/h4-6,12,14,16,18-19,30,33H,7-11H2,1-3H3/t12-,14-,16+,18-,19-,22-,23-/m0/s1. The van der Waals surface area contributed by atoms with E-state index in [9.17, 15) is 19.8 Å². The molecular weight excluding hydrogens is 551 g/mol. The molecule has 1 aromatic carbocycles. The van der Waals surface area contributed by atoms with Crippen LogP contribution in [0.5, 0.6) is 5.75 Å². The molecule has 6 rings (SSSR count).